The highest BCUT2D eigenvalue weighted by Gasteiger charge is 2.20. The highest BCUT2D eigenvalue weighted by molar-refractivity contribution is 5.91. The lowest BCUT2D eigenvalue weighted by Gasteiger charge is -2.18. The average Bonchev–Trinajstić information content (AvgIpc) is 3.37. The van der Waals surface area contributed by atoms with E-state index in [1.165, 1.54) is 48.3 Å². The lowest BCUT2D eigenvalue weighted by molar-refractivity contribution is -0.150. The minimum Gasteiger partial charge on any atom is -0.479 e. The van der Waals surface area contributed by atoms with Crippen LogP contribution in [0.5, 0.6) is 0 Å². The molecule has 18 heteroatoms. The Morgan fingerprint density at radius 1 is 0.514 bits per heavy atom. The van der Waals surface area contributed by atoms with E-state index >= 15 is 0 Å². The van der Waals surface area contributed by atoms with Crippen LogP contribution in [-0.2, 0) is 41.5 Å². The lowest BCUT2D eigenvalue weighted by Crippen LogP contribution is -2.38. The van der Waals surface area contributed by atoms with E-state index < -0.39 is 36.1 Å². The van der Waals surface area contributed by atoms with E-state index in [0.717, 1.165) is 59.3 Å². The summed E-state index contributed by atoms with van der Waals surface area (Å²) in [6, 6.07) is 25.9. The second-order valence-electron chi connectivity index (χ2n) is 16.5. The van der Waals surface area contributed by atoms with Crippen LogP contribution in [0, 0.1) is 0 Å². The summed E-state index contributed by atoms with van der Waals surface area (Å²) in [5, 5.41) is 40.0. The van der Waals surface area contributed by atoms with Gasteiger partial charge in [-0.15, -0.1) is 0 Å². The molecule has 2 heterocycles. The van der Waals surface area contributed by atoms with Gasteiger partial charge in [0, 0.05) is 76.5 Å². The fourth-order valence-electron chi connectivity index (χ4n) is 6.87. The molecular formula is C54H74N6O12. The first-order valence-corrected chi connectivity index (χ1v) is 24.5. The summed E-state index contributed by atoms with van der Waals surface area (Å²) in [5.74, 6) is -3.31. The molecule has 0 fully saturated rings. The molecule has 0 saturated carbocycles. The fourth-order valence-corrected chi connectivity index (χ4v) is 6.87. The zero-order valence-corrected chi connectivity index (χ0v) is 42.5. The van der Waals surface area contributed by atoms with Gasteiger partial charge in [-0.05, 0) is 62.1 Å². The monoisotopic (exact) mass is 999 g/mol. The minimum absolute atomic E-state index is 0.170. The number of benzene rings is 2. The van der Waals surface area contributed by atoms with Gasteiger partial charge in [0.1, 0.15) is 11.6 Å². The topological polar surface area (TPSA) is 258 Å². The highest BCUT2D eigenvalue weighted by Crippen LogP contribution is 2.23. The number of unbranched alkanes of at least 4 members (excludes halogenated alkanes) is 8. The Morgan fingerprint density at radius 3 is 1.17 bits per heavy atom. The molecule has 6 N–H and O–H groups in total. The van der Waals surface area contributed by atoms with Crippen molar-refractivity contribution >= 4 is 47.6 Å². The number of urea groups is 2. The SMILES string of the molecule is CCCCCCCNC(=O)N(C)c1cccc(-c2ccc(C[C@H](OCC)C(=O)O)cc2)n1.CCCCCCCNC(=O)N(C)c1cccc(-c2ccc(C[C@H](OCC)C(=O)O)cc2)n1.O=C(O)/C=C/C(=O)O. The van der Waals surface area contributed by atoms with E-state index in [1.54, 1.807) is 40.1 Å². The summed E-state index contributed by atoms with van der Waals surface area (Å²) in [4.78, 5) is 78.9. The Balaban J connectivity index is 0.000000428. The van der Waals surface area contributed by atoms with Crippen LogP contribution in [0.25, 0.3) is 22.5 Å². The number of aromatic nitrogens is 2. The van der Waals surface area contributed by atoms with Crippen LogP contribution >= 0.6 is 0 Å². The van der Waals surface area contributed by atoms with Gasteiger partial charge >= 0.3 is 35.9 Å². The van der Waals surface area contributed by atoms with Crippen LogP contribution in [-0.4, -0.2) is 119 Å². The summed E-state index contributed by atoms with van der Waals surface area (Å²) < 4.78 is 10.6. The zero-order chi connectivity index (χ0) is 53.3. The second-order valence-corrected chi connectivity index (χ2v) is 16.5. The van der Waals surface area contributed by atoms with Crippen LogP contribution in [0.2, 0.25) is 0 Å². The van der Waals surface area contributed by atoms with Crippen LogP contribution < -0.4 is 20.4 Å². The molecule has 0 aliphatic rings. The van der Waals surface area contributed by atoms with Gasteiger partial charge < -0.3 is 40.5 Å². The average molecular weight is 999 g/mol. The number of nitrogens with zero attached hydrogens (tertiary/aromatic N) is 4. The van der Waals surface area contributed by atoms with Gasteiger partial charge in [-0.2, -0.15) is 0 Å². The van der Waals surface area contributed by atoms with E-state index in [1.807, 2.05) is 72.8 Å². The van der Waals surface area contributed by atoms with Crippen molar-refractivity contribution in [2.75, 3.05) is 50.2 Å². The number of carbonyl (C=O) groups excluding carboxylic acids is 2. The number of nitrogens with one attached hydrogen (secondary N) is 2. The zero-order valence-electron chi connectivity index (χ0n) is 42.5. The minimum atomic E-state index is -1.26. The fraction of sp³-hybridized carbons (Fsp3) is 0.444. The summed E-state index contributed by atoms with van der Waals surface area (Å²) in [6.45, 7) is 9.95. The molecule has 18 nitrogen and oxygen atoms in total. The van der Waals surface area contributed by atoms with E-state index in [9.17, 15) is 39.0 Å². The van der Waals surface area contributed by atoms with Crippen molar-refractivity contribution < 1.29 is 58.7 Å². The molecule has 4 amide bonds. The number of hydrogen-bond donors (Lipinski definition) is 6. The molecule has 2 aromatic heterocycles. The van der Waals surface area contributed by atoms with Gasteiger partial charge in [-0.3, -0.25) is 9.80 Å². The van der Waals surface area contributed by atoms with Crippen molar-refractivity contribution in [2.45, 2.75) is 117 Å². The summed E-state index contributed by atoms with van der Waals surface area (Å²) in [7, 11) is 3.42. The van der Waals surface area contributed by atoms with Gasteiger partial charge in [0.2, 0.25) is 0 Å². The maximum absolute atomic E-state index is 12.5. The molecule has 0 unspecified atom stereocenters. The maximum Gasteiger partial charge on any atom is 0.333 e. The molecular weight excluding hydrogens is 925 g/mol. The van der Waals surface area contributed by atoms with Crippen molar-refractivity contribution in [3.63, 3.8) is 0 Å². The number of rotatable bonds is 28. The number of aliphatic carboxylic acids is 4. The van der Waals surface area contributed by atoms with Crippen molar-refractivity contribution in [1.82, 2.24) is 20.6 Å². The van der Waals surface area contributed by atoms with Crippen LogP contribution in [0.4, 0.5) is 21.2 Å². The Bertz CT molecular complexity index is 2130. The number of hydrogen-bond acceptors (Lipinski definition) is 10. The first kappa shape index (κ1) is 60.9. The summed E-state index contributed by atoms with van der Waals surface area (Å²) in [5.41, 5.74) is 5.02. The molecule has 2 aromatic carbocycles. The molecule has 0 aliphatic heterocycles. The summed E-state index contributed by atoms with van der Waals surface area (Å²) >= 11 is 0. The number of ether oxygens (including phenoxy) is 2. The number of amides is 4. The van der Waals surface area contributed by atoms with E-state index in [0.29, 0.717) is 62.9 Å². The quantitative estimate of drug-likeness (QED) is 0.0229. The molecule has 0 bridgehead atoms. The van der Waals surface area contributed by atoms with E-state index in [-0.39, 0.29) is 12.1 Å². The van der Waals surface area contributed by atoms with Gasteiger partial charge in [-0.1, -0.05) is 126 Å². The molecule has 4 aromatic rings. The molecule has 0 spiro atoms. The van der Waals surface area contributed by atoms with Crippen LogP contribution in [0.15, 0.2) is 97.1 Å². The molecule has 0 saturated heterocycles. The third-order valence-corrected chi connectivity index (χ3v) is 10.9. The number of carboxylic acids is 4. The first-order valence-electron chi connectivity index (χ1n) is 24.5. The Kier molecular flexibility index (Phi) is 29.6. The number of carbonyl (C=O) groups is 6. The second kappa shape index (κ2) is 35.0. The third kappa shape index (κ3) is 24.1. The summed E-state index contributed by atoms with van der Waals surface area (Å²) in [6.07, 6.45) is 11.5. The van der Waals surface area contributed by atoms with Crippen LogP contribution in [0.1, 0.15) is 103 Å². The molecule has 392 valence electrons. The maximum atomic E-state index is 12.5. The van der Waals surface area contributed by atoms with Crippen molar-refractivity contribution in [1.29, 1.82) is 0 Å². The molecule has 4 rings (SSSR count). The smallest absolute Gasteiger partial charge is 0.333 e. The Labute approximate surface area is 423 Å². The molecule has 0 aliphatic carbocycles. The number of carboxylic acid groups (broad SMARTS) is 4. The number of anilines is 2. The van der Waals surface area contributed by atoms with Crippen LogP contribution in [0.3, 0.4) is 0 Å². The first-order chi connectivity index (χ1) is 34.5. The molecule has 0 radical (unpaired) electrons. The van der Waals surface area contributed by atoms with Crippen molar-refractivity contribution in [3.05, 3.63) is 108 Å². The van der Waals surface area contributed by atoms with Crippen molar-refractivity contribution in [2.24, 2.45) is 0 Å². The highest BCUT2D eigenvalue weighted by atomic mass is 16.5. The Hall–Kier alpha value is -7.18. The van der Waals surface area contributed by atoms with Gasteiger partial charge in [0.25, 0.3) is 0 Å². The largest absolute Gasteiger partial charge is 0.479 e. The lowest BCUT2D eigenvalue weighted by atomic mass is 10.0. The van der Waals surface area contributed by atoms with Gasteiger partial charge in [0.05, 0.1) is 11.4 Å². The van der Waals surface area contributed by atoms with E-state index in [4.69, 9.17) is 19.7 Å². The van der Waals surface area contributed by atoms with Crippen molar-refractivity contribution in [3.8, 4) is 22.5 Å². The van der Waals surface area contributed by atoms with Gasteiger partial charge in [-0.25, -0.2) is 38.7 Å². The normalized spacial score (nSPS) is 11.5. The Morgan fingerprint density at radius 2 is 0.861 bits per heavy atom. The predicted octanol–water partition coefficient (Wildman–Crippen LogP) is 9.51. The molecule has 2 atom stereocenters. The standard InChI is InChI=1S/2C25H35N3O4.C4H4O4/c2*1-4-6-7-8-9-17-26-25(31)28(3)23-12-10-11-21(27-23)20-15-13-19(14-16-20)18-22(24(29)30)32-5-2;5-3(6)1-2-4(7)8/h2*10-16,22H,4-9,17-18H2,1-3H3,(H,26,31)(H,29,30);1-2H,(H,5,6)(H,7,8)/b;;2-1+/t2*22-;/m00./s1. The number of pyridine rings is 2. The third-order valence-electron chi connectivity index (χ3n) is 10.9. The predicted molar refractivity (Wildman–Crippen MR) is 278 cm³/mol. The van der Waals surface area contributed by atoms with E-state index in [2.05, 4.69) is 34.4 Å². The molecule has 72 heavy (non-hydrogen) atoms. The van der Waals surface area contributed by atoms with Gasteiger partial charge in [0.15, 0.2) is 12.2 Å².